The van der Waals surface area contributed by atoms with Crippen molar-refractivity contribution in [1.82, 2.24) is 4.57 Å². The second-order valence-electron chi connectivity index (χ2n) is 12.0. The van der Waals surface area contributed by atoms with Crippen molar-refractivity contribution in [2.75, 3.05) is 0 Å². The van der Waals surface area contributed by atoms with Gasteiger partial charge in [-0.1, -0.05) is 139 Å². The van der Waals surface area contributed by atoms with Crippen LogP contribution >= 0.6 is 11.8 Å². The van der Waals surface area contributed by atoms with Crippen LogP contribution in [0.25, 0.3) is 49.7 Å². The molecule has 8 aromatic rings. The summed E-state index contributed by atoms with van der Waals surface area (Å²) in [6.07, 6.45) is 0. The summed E-state index contributed by atoms with van der Waals surface area (Å²) in [5, 5.41) is 2.54. The summed E-state index contributed by atoms with van der Waals surface area (Å²) in [5.74, 6) is 0. The quantitative estimate of drug-likeness (QED) is 0.194. The predicted octanol–water partition coefficient (Wildman–Crippen LogP) is 11.3. The maximum atomic E-state index is 2.53. The van der Waals surface area contributed by atoms with E-state index in [1.54, 1.807) is 0 Å². The van der Waals surface area contributed by atoms with Crippen molar-refractivity contribution in [3.05, 3.63) is 186 Å². The molecule has 45 heavy (non-hydrogen) atoms. The normalized spacial score (nSPS) is 13.9. The van der Waals surface area contributed by atoms with Gasteiger partial charge in [0.25, 0.3) is 0 Å². The largest absolute Gasteiger partial charge is 0.309 e. The van der Waals surface area contributed by atoms with Crippen molar-refractivity contribution in [1.29, 1.82) is 0 Å². The van der Waals surface area contributed by atoms with Gasteiger partial charge in [0.1, 0.15) is 0 Å². The molecule has 10 rings (SSSR count). The van der Waals surface area contributed by atoms with Crippen LogP contribution < -0.4 is 0 Å². The molecule has 1 aliphatic heterocycles. The van der Waals surface area contributed by atoms with Crippen LogP contribution in [-0.2, 0) is 5.41 Å². The number of hydrogen-bond acceptors (Lipinski definition) is 1. The average Bonchev–Trinajstić information content (AvgIpc) is 3.60. The van der Waals surface area contributed by atoms with Gasteiger partial charge in [0.05, 0.1) is 22.1 Å². The molecule has 0 unspecified atom stereocenters. The summed E-state index contributed by atoms with van der Waals surface area (Å²) in [5.41, 5.74) is 13.8. The fraction of sp³-hybridized carbons (Fsp3) is 0.0233. The standard InChI is InChI=1S/C43H27NS/c1-2-13-28(14-3-1)29-25-26-38-33(27-29)31-16-5-9-21-37(31)44(38)39-22-12-17-32-30-15-4-6-18-34(30)43(42(32)39)35-19-7-10-23-40(35)45-41-24-11-8-20-36(41)43/h1-27H. The summed E-state index contributed by atoms with van der Waals surface area (Å²) < 4.78 is 2.53. The monoisotopic (exact) mass is 589 g/mol. The zero-order valence-electron chi connectivity index (χ0n) is 24.4. The minimum absolute atomic E-state index is 0.442. The van der Waals surface area contributed by atoms with E-state index in [0.29, 0.717) is 0 Å². The van der Waals surface area contributed by atoms with Gasteiger partial charge in [-0.05, 0) is 75.3 Å². The number of rotatable bonds is 2. The molecule has 2 heteroatoms. The van der Waals surface area contributed by atoms with Gasteiger partial charge in [-0.3, -0.25) is 0 Å². The molecule has 0 saturated heterocycles. The highest BCUT2D eigenvalue weighted by Crippen LogP contribution is 2.63. The molecular weight excluding hydrogens is 563 g/mol. The molecule has 1 aliphatic carbocycles. The van der Waals surface area contributed by atoms with E-state index < -0.39 is 5.41 Å². The number of nitrogens with zero attached hydrogens (tertiary/aromatic N) is 1. The minimum Gasteiger partial charge on any atom is -0.309 e. The van der Waals surface area contributed by atoms with Gasteiger partial charge in [-0.25, -0.2) is 0 Å². The van der Waals surface area contributed by atoms with E-state index in [4.69, 9.17) is 0 Å². The van der Waals surface area contributed by atoms with Crippen LogP contribution in [0.4, 0.5) is 0 Å². The highest BCUT2D eigenvalue weighted by Gasteiger charge is 2.51. The Morgan fingerprint density at radius 1 is 0.422 bits per heavy atom. The summed E-state index contributed by atoms with van der Waals surface area (Å²) in [7, 11) is 0. The fourth-order valence-electron chi connectivity index (χ4n) is 8.12. The van der Waals surface area contributed by atoms with Crippen molar-refractivity contribution in [3.63, 3.8) is 0 Å². The predicted molar refractivity (Wildman–Crippen MR) is 188 cm³/mol. The second-order valence-corrected chi connectivity index (χ2v) is 13.1. The van der Waals surface area contributed by atoms with Crippen LogP contribution in [0.5, 0.6) is 0 Å². The van der Waals surface area contributed by atoms with Gasteiger partial charge in [0.15, 0.2) is 0 Å². The van der Waals surface area contributed by atoms with Crippen molar-refractivity contribution in [3.8, 4) is 27.9 Å². The molecule has 1 nitrogen and oxygen atoms in total. The third kappa shape index (κ3) is 3.30. The minimum atomic E-state index is -0.442. The number of hydrogen-bond donors (Lipinski definition) is 0. The Labute approximate surface area is 266 Å². The van der Waals surface area contributed by atoms with Gasteiger partial charge >= 0.3 is 0 Å². The van der Waals surface area contributed by atoms with Crippen LogP contribution in [0.3, 0.4) is 0 Å². The summed E-state index contributed by atoms with van der Waals surface area (Å²) in [6.45, 7) is 0. The average molecular weight is 590 g/mol. The topological polar surface area (TPSA) is 4.93 Å². The van der Waals surface area contributed by atoms with Crippen LogP contribution in [0, 0.1) is 0 Å². The molecule has 1 spiro atoms. The van der Waals surface area contributed by atoms with Gasteiger partial charge < -0.3 is 4.57 Å². The molecule has 210 valence electrons. The lowest BCUT2D eigenvalue weighted by Crippen LogP contribution is -2.33. The third-order valence-electron chi connectivity index (χ3n) is 9.86. The van der Waals surface area contributed by atoms with E-state index in [0.717, 1.165) is 0 Å². The molecule has 7 aromatic carbocycles. The SMILES string of the molecule is c1ccc(-c2ccc3c(c2)c2ccccc2n3-c2cccc3c2C2(c4ccccc4Sc4ccccc42)c2ccccc2-3)cc1. The maximum Gasteiger partial charge on any atom is 0.0755 e. The molecule has 0 N–H and O–H groups in total. The van der Waals surface area contributed by atoms with Gasteiger partial charge in [0.2, 0.25) is 0 Å². The lowest BCUT2D eigenvalue weighted by Gasteiger charge is -2.40. The Hall–Kier alpha value is -5.31. The third-order valence-corrected chi connectivity index (χ3v) is 11.0. The van der Waals surface area contributed by atoms with Crippen molar-refractivity contribution >= 4 is 33.6 Å². The van der Waals surface area contributed by atoms with Gasteiger partial charge in [-0.2, -0.15) is 0 Å². The molecule has 0 fully saturated rings. The lowest BCUT2D eigenvalue weighted by molar-refractivity contribution is 0.717. The Bertz CT molecular complexity index is 2420. The highest BCUT2D eigenvalue weighted by atomic mass is 32.2. The molecule has 2 aliphatic rings. The Morgan fingerprint density at radius 3 is 1.84 bits per heavy atom. The van der Waals surface area contributed by atoms with E-state index in [1.165, 1.54) is 81.8 Å². The van der Waals surface area contributed by atoms with Crippen LogP contribution in [0.15, 0.2) is 174 Å². The van der Waals surface area contributed by atoms with Gasteiger partial charge in [0, 0.05) is 26.1 Å². The van der Waals surface area contributed by atoms with Crippen molar-refractivity contribution in [2.45, 2.75) is 15.2 Å². The van der Waals surface area contributed by atoms with E-state index in [-0.39, 0.29) is 0 Å². The lowest BCUT2D eigenvalue weighted by atomic mass is 9.67. The highest BCUT2D eigenvalue weighted by molar-refractivity contribution is 7.99. The Kier molecular flexibility index (Phi) is 5.20. The first kappa shape index (κ1) is 25.1. The Morgan fingerprint density at radius 2 is 1.04 bits per heavy atom. The van der Waals surface area contributed by atoms with E-state index >= 15 is 0 Å². The number of fused-ring (bicyclic) bond motifs is 12. The zero-order valence-corrected chi connectivity index (χ0v) is 25.3. The summed E-state index contributed by atoms with van der Waals surface area (Å²) in [4.78, 5) is 2.65. The second kappa shape index (κ2) is 9.34. The smallest absolute Gasteiger partial charge is 0.0755 e. The number of benzene rings is 7. The van der Waals surface area contributed by atoms with Crippen LogP contribution in [-0.4, -0.2) is 4.57 Å². The van der Waals surface area contributed by atoms with E-state index in [1.807, 2.05) is 11.8 Å². The first-order valence-corrected chi connectivity index (χ1v) is 16.3. The molecule has 1 aromatic heterocycles. The molecule has 0 atom stereocenters. The van der Waals surface area contributed by atoms with Gasteiger partial charge in [-0.15, -0.1) is 0 Å². The molecule has 0 amide bonds. The molecule has 0 radical (unpaired) electrons. The molecule has 0 bridgehead atoms. The molecule has 2 heterocycles. The van der Waals surface area contributed by atoms with Crippen molar-refractivity contribution < 1.29 is 0 Å². The van der Waals surface area contributed by atoms with Crippen LogP contribution in [0.1, 0.15) is 22.3 Å². The molecular formula is C43H27NS. The fourth-order valence-corrected chi connectivity index (χ4v) is 9.31. The van der Waals surface area contributed by atoms with E-state index in [2.05, 4.69) is 168 Å². The number of para-hydroxylation sites is 1. The van der Waals surface area contributed by atoms with Crippen molar-refractivity contribution in [2.24, 2.45) is 0 Å². The van der Waals surface area contributed by atoms with E-state index in [9.17, 15) is 0 Å². The van der Waals surface area contributed by atoms with Crippen LogP contribution in [0.2, 0.25) is 0 Å². The molecule has 0 saturated carbocycles. The number of aromatic nitrogens is 1. The first-order valence-electron chi connectivity index (χ1n) is 15.5. The summed E-state index contributed by atoms with van der Waals surface area (Å²) >= 11 is 1.89. The maximum absolute atomic E-state index is 2.53. The Balaban J connectivity index is 1.36. The summed E-state index contributed by atoms with van der Waals surface area (Å²) in [6, 6.07) is 60.7. The first-order chi connectivity index (χ1) is 22.3. The zero-order chi connectivity index (χ0) is 29.5.